The van der Waals surface area contributed by atoms with Gasteiger partial charge in [-0.25, -0.2) is 4.79 Å². The molecule has 1 N–H and O–H groups in total. The topological polar surface area (TPSA) is 89.3 Å². The lowest BCUT2D eigenvalue weighted by Crippen LogP contribution is -2.33. The number of rotatable bonds is 5. The molecule has 0 saturated carbocycles. The van der Waals surface area contributed by atoms with Gasteiger partial charge in [-0.05, 0) is 19.5 Å². The maximum absolute atomic E-state index is 13.5. The van der Waals surface area contributed by atoms with Gasteiger partial charge in [0.1, 0.15) is 11.4 Å². The number of fused-ring (bicyclic) bond motifs is 2. The number of aromatic nitrogens is 3. The number of benzene rings is 1. The van der Waals surface area contributed by atoms with Crippen molar-refractivity contribution in [2.24, 2.45) is 7.05 Å². The Morgan fingerprint density at radius 3 is 2.80 bits per heavy atom. The summed E-state index contributed by atoms with van der Waals surface area (Å²) in [4.78, 5) is 32.9. The van der Waals surface area contributed by atoms with Crippen LogP contribution in [0.2, 0.25) is 0 Å². The van der Waals surface area contributed by atoms with Crippen molar-refractivity contribution in [2.75, 3.05) is 25.0 Å². The van der Waals surface area contributed by atoms with E-state index in [0.717, 1.165) is 41.7 Å². The molecule has 1 aliphatic heterocycles. The molecule has 1 amide bonds. The first-order valence-corrected chi connectivity index (χ1v) is 10.2. The largest absolute Gasteiger partial charge is 0.462 e. The minimum atomic E-state index is -0.514. The van der Waals surface area contributed by atoms with Crippen LogP contribution >= 0.6 is 0 Å². The number of nitrogens with one attached hydrogen (secondary N) is 1. The zero-order valence-electron chi connectivity index (χ0n) is 17.4. The van der Waals surface area contributed by atoms with Gasteiger partial charge in [0.05, 0.1) is 23.9 Å². The third-order valence-electron chi connectivity index (χ3n) is 5.47. The Bertz CT molecular complexity index is 1120. The van der Waals surface area contributed by atoms with Crippen molar-refractivity contribution >= 4 is 28.6 Å². The van der Waals surface area contributed by atoms with Gasteiger partial charge in [-0.3, -0.25) is 19.4 Å². The predicted octanol–water partition coefficient (Wildman–Crippen LogP) is 2.78. The summed E-state index contributed by atoms with van der Waals surface area (Å²) in [7, 11) is 1.68. The average Bonchev–Trinajstić information content (AvgIpc) is 3.11. The van der Waals surface area contributed by atoms with Crippen molar-refractivity contribution in [3.05, 3.63) is 52.8 Å². The number of pyridine rings is 1. The van der Waals surface area contributed by atoms with E-state index in [4.69, 9.17) is 9.72 Å². The number of ether oxygens (including phenoxy) is 1. The molecule has 0 atom stereocenters. The number of hydrogen-bond donors (Lipinski definition) is 1. The summed E-state index contributed by atoms with van der Waals surface area (Å²) in [6.07, 6.45) is 2.21. The molecule has 1 aromatic carbocycles. The summed E-state index contributed by atoms with van der Waals surface area (Å²) in [5.41, 5.74) is 3.53. The van der Waals surface area contributed by atoms with Crippen LogP contribution in [0, 0.1) is 0 Å². The van der Waals surface area contributed by atoms with Gasteiger partial charge in [0.2, 0.25) is 0 Å². The molecule has 0 aliphatic carbocycles. The summed E-state index contributed by atoms with van der Waals surface area (Å²) in [6, 6.07) is 7.66. The monoisotopic (exact) mass is 407 g/mol. The van der Waals surface area contributed by atoms with E-state index < -0.39 is 5.97 Å². The highest BCUT2D eigenvalue weighted by Gasteiger charge is 2.27. The van der Waals surface area contributed by atoms with E-state index in [0.29, 0.717) is 17.9 Å². The van der Waals surface area contributed by atoms with Crippen LogP contribution in [0.15, 0.2) is 30.5 Å². The SMILES string of the molecule is CCOC(=O)c1cnn(C)c1NC(=O)c1c2c(nc3ccccc13)CCN(CC)C2. The van der Waals surface area contributed by atoms with E-state index in [1.165, 1.54) is 10.9 Å². The second-order valence-electron chi connectivity index (χ2n) is 7.25. The van der Waals surface area contributed by atoms with Gasteiger partial charge >= 0.3 is 5.97 Å². The first-order chi connectivity index (χ1) is 14.5. The molecule has 8 nitrogen and oxygen atoms in total. The first-order valence-electron chi connectivity index (χ1n) is 10.2. The van der Waals surface area contributed by atoms with Gasteiger partial charge in [-0.15, -0.1) is 0 Å². The fourth-order valence-electron chi connectivity index (χ4n) is 3.89. The number of para-hydroxylation sites is 1. The van der Waals surface area contributed by atoms with Crippen molar-refractivity contribution in [2.45, 2.75) is 26.8 Å². The van der Waals surface area contributed by atoms with E-state index in [1.807, 2.05) is 24.3 Å². The standard InChI is InChI=1S/C22H25N5O3/c1-4-27-11-10-18-16(13-27)19(14-8-6-7-9-17(14)24-18)21(28)25-20-15(12-23-26(20)3)22(29)30-5-2/h6-9,12H,4-5,10-11,13H2,1-3H3,(H,25,28). The van der Waals surface area contributed by atoms with E-state index in [1.54, 1.807) is 14.0 Å². The normalized spacial score (nSPS) is 13.8. The molecule has 4 rings (SSSR count). The number of anilines is 1. The molecule has 0 unspecified atom stereocenters. The maximum Gasteiger partial charge on any atom is 0.343 e. The van der Waals surface area contributed by atoms with Gasteiger partial charge in [0.25, 0.3) is 5.91 Å². The lowest BCUT2D eigenvalue weighted by atomic mass is 9.95. The average molecular weight is 407 g/mol. The highest BCUT2D eigenvalue weighted by molar-refractivity contribution is 6.14. The van der Waals surface area contributed by atoms with Crippen LogP contribution in [0.25, 0.3) is 10.9 Å². The molecule has 3 aromatic rings. The van der Waals surface area contributed by atoms with Gasteiger partial charge < -0.3 is 10.1 Å². The van der Waals surface area contributed by atoms with E-state index in [2.05, 4.69) is 22.2 Å². The van der Waals surface area contributed by atoms with Gasteiger partial charge in [-0.2, -0.15) is 5.10 Å². The minimum absolute atomic E-state index is 0.232. The summed E-state index contributed by atoms with van der Waals surface area (Å²) in [5.74, 6) is -0.479. The zero-order valence-corrected chi connectivity index (χ0v) is 17.4. The number of amides is 1. The molecule has 1 aliphatic rings. The molecule has 0 fully saturated rings. The molecular formula is C22H25N5O3. The Kier molecular flexibility index (Phi) is 5.50. The first kappa shape index (κ1) is 20.0. The highest BCUT2D eigenvalue weighted by atomic mass is 16.5. The van der Waals surface area contributed by atoms with E-state index >= 15 is 0 Å². The van der Waals surface area contributed by atoms with Crippen LogP contribution in [-0.2, 0) is 24.8 Å². The molecule has 30 heavy (non-hydrogen) atoms. The Morgan fingerprint density at radius 2 is 2.03 bits per heavy atom. The number of esters is 1. The van der Waals surface area contributed by atoms with Crippen LogP contribution in [0.4, 0.5) is 5.82 Å². The van der Waals surface area contributed by atoms with Gasteiger partial charge in [-0.1, -0.05) is 25.1 Å². The van der Waals surface area contributed by atoms with Crippen molar-refractivity contribution in [1.82, 2.24) is 19.7 Å². The predicted molar refractivity (Wildman–Crippen MR) is 114 cm³/mol. The lowest BCUT2D eigenvalue weighted by Gasteiger charge is -2.29. The molecule has 0 radical (unpaired) electrons. The molecule has 3 heterocycles. The van der Waals surface area contributed by atoms with Crippen molar-refractivity contribution in [3.63, 3.8) is 0 Å². The number of carbonyl (C=O) groups is 2. The Labute approximate surface area is 174 Å². The zero-order chi connectivity index (χ0) is 21.3. The number of aryl methyl sites for hydroxylation is 1. The maximum atomic E-state index is 13.5. The molecule has 156 valence electrons. The quantitative estimate of drug-likeness (QED) is 0.654. The molecular weight excluding hydrogens is 382 g/mol. The third kappa shape index (κ3) is 3.54. The van der Waals surface area contributed by atoms with Crippen LogP contribution in [0.3, 0.4) is 0 Å². The Morgan fingerprint density at radius 1 is 1.23 bits per heavy atom. The molecule has 8 heteroatoms. The Balaban J connectivity index is 1.79. The third-order valence-corrected chi connectivity index (χ3v) is 5.47. The number of likely N-dealkylation sites (N-methyl/N-ethyl adjacent to an activating group) is 1. The van der Waals surface area contributed by atoms with Crippen LogP contribution in [0.5, 0.6) is 0 Å². The van der Waals surface area contributed by atoms with Crippen LogP contribution in [-0.4, -0.2) is 51.2 Å². The fourth-order valence-corrected chi connectivity index (χ4v) is 3.89. The second kappa shape index (κ2) is 8.23. The van der Waals surface area contributed by atoms with Gasteiger partial charge in [0, 0.05) is 43.2 Å². The molecule has 0 bridgehead atoms. The summed E-state index contributed by atoms with van der Waals surface area (Å²) >= 11 is 0. The lowest BCUT2D eigenvalue weighted by molar-refractivity contribution is 0.0527. The fraction of sp³-hybridized carbons (Fsp3) is 0.364. The van der Waals surface area contributed by atoms with Crippen molar-refractivity contribution < 1.29 is 14.3 Å². The van der Waals surface area contributed by atoms with Crippen molar-refractivity contribution in [1.29, 1.82) is 0 Å². The molecule has 0 saturated heterocycles. The Hall–Kier alpha value is -3.26. The summed E-state index contributed by atoms with van der Waals surface area (Å²) < 4.78 is 6.57. The van der Waals surface area contributed by atoms with Crippen LogP contribution < -0.4 is 5.32 Å². The molecule has 2 aromatic heterocycles. The van der Waals surface area contributed by atoms with E-state index in [-0.39, 0.29) is 18.1 Å². The van der Waals surface area contributed by atoms with Crippen LogP contribution in [0.1, 0.15) is 45.8 Å². The highest BCUT2D eigenvalue weighted by Crippen LogP contribution is 2.29. The second-order valence-corrected chi connectivity index (χ2v) is 7.25. The smallest absolute Gasteiger partial charge is 0.343 e. The van der Waals surface area contributed by atoms with Gasteiger partial charge in [0.15, 0.2) is 0 Å². The summed E-state index contributed by atoms with van der Waals surface area (Å²) in [6.45, 7) is 6.59. The van der Waals surface area contributed by atoms with E-state index in [9.17, 15) is 9.59 Å². The minimum Gasteiger partial charge on any atom is -0.462 e. The number of nitrogens with zero attached hydrogens (tertiary/aromatic N) is 4. The number of hydrogen-bond acceptors (Lipinski definition) is 6. The summed E-state index contributed by atoms with van der Waals surface area (Å²) in [5, 5.41) is 7.82. The molecule has 0 spiro atoms. The number of carbonyl (C=O) groups excluding carboxylic acids is 2. The van der Waals surface area contributed by atoms with Crippen molar-refractivity contribution in [3.8, 4) is 0 Å².